The minimum absolute atomic E-state index is 0.456. The van der Waals surface area contributed by atoms with Crippen LogP contribution >= 0.6 is 11.6 Å². The highest BCUT2D eigenvalue weighted by molar-refractivity contribution is 6.32. The molecular weight excluding hydrogens is 304 g/mol. The summed E-state index contributed by atoms with van der Waals surface area (Å²) in [5, 5.41) is 4.63. The van der Waals surface area contributed by atoms with Crippen LogP contribution in [0, 0.1) is 13.8 Å². The zero-order valence-corrected chi connectivity index (χ0v) is 13.0. The molecule has 2 aromatic rings. The number of ether oxygens (including phenoxy) is 2. The third-order valence-electron chi connectivity index (χ3n) is 2.98. The predicted molar refractivity (Wildman–Crippen MR) is 85.2 cm³/mol. The van der Waals surface area contributed by atoms with E-state index in [1.807, 2.05) is 26.0 Å². The molecule has 1 aliphatic rings. The maximum absolute atomic E-state index is 6.17. The number of aryl methyl sites for hydroxylation is 2. The number of benzene rings is 1. The Balaban J connectivity index is 1.76. The molecule has 0 bridgehead atoms. The first-order chi connectivity index (χ1) is 10.6. The summed E-state index contributed by atoms with van der Waals surface area (Å²) < 4.78 is 11.0. The van der Waals surface area contributed by atoms with E-state index in [0.29, 0.717) is 35.7 Å². The molecule has 1 aliphatic heterocycles. The van der Waals surface area contributed by atoms with Gasteiger partial charge in [0.15, 0.2) is 11.5 Å². The number of rotatable bonds is 3. The molecule has 3 rings (SSSR count). The topological polar surface area (TPSA) is 68.6 Å². The quantitative estimate of drug-likeness (QED) is 0.696. The Kier molecular flexibility index (Phi) is 4.11. The Bertz CT molecular complexity index is 713. The van der Waals surface area contributed by atoms with Gasteiger partial charge in [-0.05, 0) is 37.6 Å². The van der Waals surface area contributed by atoms with Crippen molar-refractivity contribution in [1.82, 2.24) is 9.97 Å². The van der Waals surface area contributed by atoms with E-state index in [1.54, 1.807) is 12.3 Å². The van der Waals surface area contributed by atoms with Crippen LogP contribution in [0.25, 0.3) is 0 Å². The zero-order chi connectivity index (χ0) is 15.5. The van der Waals surface area contributed by atoms with Crippen LogP contribution in [0.15, 0.2) is 23.3 Å². The fourth-order valence-corrected chi connectivity index (χ4v) is 2.42. The highest BCUT2D eigenvalue weighted by Crippen LogP contribution is 2.37. The summed E-state index contributed by atoms with van der Waals surface area (Å²) >= 11 is 6.17. The molecule has 0 saturated heterocycles. The van der Waals surface area contributed by atoms with Crippen LogP contribution in [0.5, 0.6) is 11.5 Å². The number of nitrogens with zero attached hydrogens (tertiary/aromatic N) is 3. The lowest BCUT2D eigenvalue weighted by atomic mass is 10.2. The fraction of sp³-hybridized carbons (Fsp3) is 0.267. The van der Waals surface area contributed by atoms with Crippen LogP contribution in [-0.4, -0.2) is 29.4 Å². The number of hydrogen-bond acceptors (Lipinski definition) is 6. The van der Waals surface area contributed by atoms with E-state index in [0.717, 1.165) is 17.0 Å². The molecule has 114 valence electrons. The van der Waals surface area contributed by atoms with Gasteiger partial charge in [-0.15, -0.1) is 0 Å². The first-order valence-electron chi connectivity index (χ1n) is 6.82. The number of halogens is 1. The molecular formula is C15H15ClN4O2. The van der Waals surface area contributed by atoms with Gasteiger partial charge in [-0.2, -0.15) is 5.10 Å². The molecule has 22 heavy (non-hydrogen) atoms. The van der Waals surface area contributed by atoms with Gasteiger partial charge in [0.05, 0.1) is 11.2 Å². The minimum Gasteiger partial charge on any atom is -0.486 e. The lowest BCUT2D eigenvalue weighted by Crippen LogP contribution is -2.15. The maximum atomic E-state index is 6.17. The zero-order valence-electron chi connectivity index (χ0n) is 12.3. The number of hydrogen-bond donors (Lipinski definition) is 1. The SMILES string of the molecule is Cc1cc(C)nc(N/N=C\c2cc(Cl)c3c(c2)OCCO3)n1. The summed E-state index contributed by atoms with van der Waals surface area (Å²) in [5.41, 5.74) is 5.37. The van der Waals surface area contributed by atoms with Gasteiger partial charge in [-0.1, -0.05) is 11.6 Å². The van der Waals surface area contributed by atoms with Crippen molar-refractivity contribution in [3.8, 4) is 11.5 Å². The van der Waals surface area contributed by atoms with Crippen LogP contribution in [-0.2, 0) is 0 Å². The Labute approximate surface area is 133 Å². The molecule has 0 amide bonds. The highest BCUT2D eigenvalue weighted by atomic mass is 35.5. The van der Waals surface area contributed by atoms with Crippen molar-refractivity contribution in [3.05, 3.63) is 40.2 Å². The van der Waals surface area contributed by atoms with Gasteiger partial charge in [-0.3, -0.25) is 0 Å². The summed E-state index contributed by atoms with van der Waals surface area (Å²) in [7, 11) is 0. The number of nitrogens with one attached hydrogen (secondary N) is 1. The third-order valence-corrected chi connectivity index (χ3v) is 3.26. The Morgan fingerprint density at radius 1 is 1.14 bits per heavy atom. The lowest BCUT2D eigenvalue weighted by Gasteiger charge is -2.19. The van der Waals surface area contributed by atoms with Gasteiger partial charge in [0, 0.05) is 11.4 Å². The second-order valence-corrected chi connectivity index (χ2v) is 5.28. The predicted octanol–water partition coefficient (Wildman–Crippen LogP) is 2.96. The fourth-order valence-electron chi connectivity index (χ4n) is 2.15. The summed E-state index contributed by atoms with van der Waals surface area (Å²) in [5.74, 6) is 1.66. The summed E-state index contributed by atoms with van der Waals surface area (Å²) in [6, 6.07) is 5.49. The molecule has 0 saturated carbocycles. The summed E-state index contributed by atoms with van der Waals surface area (Å²) in [4.78, 5) is 8.49. The van der Waals surface area contributed by atoms with Gasteiger partial charge in [0.25, 0.3) is 0 Å². The summed E-state index contributed by atoms with van der Waals surface area (Å²) in [6.07, 6.45) is 1.63. The van der Waals surface area contributed by atoms with Crippen molar-refractivity contribution in [2.75, 3.05) is 18.6 Å². The molecule has 0 radical (unpaired) electrons. The molecule has 0 aliphatic carbocycles. The monoisotopic (exact) mass is 318 g/mol. The second kappa shape index (κ2) is 6.19. The van der Waals surface area contributed by atoms with Crippen molar-refractivity contribution in [1.29, 1.82) is 0 Å². The van der Waals surface area contributed by atoms with Crippen LogP contribution in [0.1, 0.15) is 17.0 Å². The van der Waals surface area contributed by atoms with E-state index in [1.165, 1.54) is 0 Å². The second-order valence-electron chi connectivity index (χ2n) is 4.87. The molecule has 0 spiro atoms. The first-order valence-corrected chi connectivity index (χ1v) is 7.20. The van der Waals surface area contributed by atoms with E-state index in [9.17, 15) is 0 Å². The Hall–Kier alpha value is -2.34. The van der Waals surface area contributed by atoms with Crippen LogP contribution < -0.4 is 14.9 Å². The third kappa shape index (κ3) is 3.28. The van der Waals surface area contributed by atoms with E-state index in [4.69, 9.17) is 21.1 Å². The largest absolute Gasteiger partial charge is 0.486 e. The smallest absolute Gasteiger partial charge is 0.243 e. The normalized spacial score (nSPS) is 13.4. The van der Waals surface area contributed by atoms with E-state index >= 15 is 0 Å². The van der Waals surface area contributed by atoms with Crippen molar-refractivity contribution in [2.24, 2.45) is 5.10 Å². The van der Waals surface area contributed by atoms with E-state index in [-0.39, 0.29) is 0 Å². The standard InChI is InChI=1S/C15H15ClN4O2/c1-9-5-10(2)19-15(18-9)20-17-8-11-6-12(16)14-13(7-11)21-3-4-22-14/h5-8H,3-4H2,1-2H3,(H,18,19,20)/b17-8-. The molecule has 6 nitrogen and oxygen atoms in total. The van der Waals surface area contributed by atoms with E-state index in [2.05, 4.69) is 20.5 Å². The Morgan fingerprint density at radius 2 is 1.86 bits per heavy atom. The van der Waals surface area contributed by atoms with Crippen LogP contribution in [0.2, 0.25) is 5.02 Å². The molecule has 0 atom stereocenters. The highest BCUT2D eigenvalue weighted by Gasteiger charge is 2.16. The molecule has 1 aromatic carbocycles. The Morgan fingerprint density at radius 3 is 2.64 bits per heavy atom. The van der Waals surface area contributed by atoms with Gasteiger partial charge in [0.2, 0.25) is 5.95 Å². The van der Waals surface area contributed by atoms with Crippen molar-refractivity contribution in [2.45, 2.75) is 13.8 Å². The molecule has 1 aromatic heterocycles. The van der Waals surface area contributed by atoms with Gasteiger partial charge < -0.3 is 9.47 Å². The lowest BCUT2D eigenvalue weighted by molar-refractivity contribution is 0.171. The summed E-state index contributed by atoms with van der Waals surface area (Å²) in [6.45, 7) is 4.83. The van der Waals surface area contributed by atoms with Crippen molar-refractivity contribution >= 4 is 23.8 Å². The number of fused-ring (bicyclic) bond motifs is 1. The number of anilines is 1. The van der Waals surface area contributed by atoms with Crippen molar-refractivity contribution in [3.63, 3.8) is 0 Å². The van der Waals surface area contributed by atoms with Crippen molar-refractivity contribution < 1.29 is 9.47 Å². The van der Waals surface area contributed by atoms with Crippen LogP contribution in [0.3, 0.4) is 0 Å². The van der Waals surface area contributed by atoms with Gasteiger partial charge in [0.1, 0.15) is 13.2 Å². The molecule has 0 unspecified atom stereocenters. The minimum atomic E-state index is 0.456. The van der Waals surface area contributed by atoms with Crippen LogP contribution in [0.4, 0.5) is 5.95 Å². The van der Waals surface area contributed by atoms with E-state index < -0.39 is 0 Å². The molecule has 0 fully saturated rings. The molecule has 2 heterocycles. The average molecular weight is 319 g/mol. The number of aromatic nitrogens is 2. The molecule has 7 heteroatoms. The molecule has 1 N–H and O–H groups in total. The average Bonchev–Trinajstić information content (AvgIpc) is 2.46. The maximum Gasteiger partial charge on any atom is 0.243 e. The van der Waals surface area contributed by atoms with Gasteiger partial charge >= 0.3 is 0 Å². The van der Waals surface area contributed by atoms with Gasteiger partial charge in [-0.25, -0.2) is 15.4 Å². The first kappa shape index (κ1) is 14.6. The number of hydrazone groups is 1.